The van der Waals surface area contributed by atoms with E-state index in [9.17, 15) is 14.7 Å². The predicted molar refractivity (Wildman–Crippen MR) is 165 cm³/mol. The number of nitrogens with zero attached hydrogens (tertiary/aromatic N) is 1. The van der Waals surface area contributed by atoms with Crippen molar-refractivity contribution >= 4 is 35.1 Å². The van der Waals surface area contributed by atoms with Crippen LogP contribution in [0.1, 0.15) is 68.3 Å². The molecule has 41 heavy (non-hydrogen) atoms. The van der Waals surface area contributed by atoms with Crippen LogP contribution in [0.4, 0.5) is 0 Å². The number of halogens is 2. The van der Waals surface area contributed by atoms with Crippen LogP contribution < -0.4 is 15.4 Å². The van der Waals surface area contributed by atoms with Crippen molar-refractivity contribution in [1.29, 1.82) is 0 Å². The van der Waals surface area contributed by atoms with Gasteiger partial charge in [0.15, 0.2) is 11.5 Å². The first-order chi connectivity index (χ1) is 19.8. The summed E-state index contributed by atoms with van der Waals surface area (Å²) >= 11 is 12.7. The number of carbonyl (C=O) groups excluding carboxylic acids is 2. The molecule has 0 aromatic heterocycles. The maximum absolute atomic E-state index is 13.3. The van der Waals surface area contributed by atoms with Crippen LogP contribution in [0.2, 0.25) is 10.0 Å². The van der Waals surface area contributed by atoms with Crippen LogP contribution >= 0.6 is 23.2 Å². The minimum absolute atomic E-state index is 0.0907. The van der Waals surface area contributed by atoms with Gasteiger partial charge in [-0.3, -0.25) is 9.69 Å². The Hall–Kier alpha value is -2.52. The predicted octanol–water partition coefficient (Wildman–Crippen LogP) is 5.86. The number of phenolic OH excluding ortho intramolecular Hbond substituents is 1. The molecule has 1 atom stereocenters. The molecule has 8 nitrogen and oxygen atoms in total. The second-order valence-corrected chi connectivity index (χ2v) is 10.8. The second kappa shape index (κ2) is 19.6. The lowest BCUT2D eigenvalue weighted by Gasteiger charge is -2.23. The molecule has 0 heterocycles. The summed E-state index contributed by atoms with van der Waals surface area (Å²) in [6.45, 7) is 8.25. The molecule has 10 heteroatoms. The Labute approximate surface area is 254 Å². The van der Waals surface area contributed by atoms with E-state index in [-0.39, 0.29) is 34.4 Å². The number of phenols is 1. The first kappa shape index (κ1) is 34.7. The van der Waals surface area contributed by atoms with Crippen LogP contribution in [-0.4, -0.2) is 74.4 Å². The lowest BCUT2D eigenvalue weighted by Crippen LogP contribution is -2.44. The number of amides is 1. The number of benzene rings is 2. The molecule has 3 N–H and O–H groups in total. The highest BCUT2D eigenvalue weighted by Crippen LogP contribution is 2.42. The molecular weight excluding hydrogens is 565 g/mol. The Kier molecular flexibility index (Phi) is 16.6. The molecule has 0 saturated heterocycles. The maximum Gasteiger partial charge on any atom is 0.329 e. The zero-order valence-electron chi connectivity index (χ0n) is 24.5. The fourth-order valence-corrected chi connectivity index (χ4v) is 4.79. The monoisotopic (exact) mass is 609 g/mol. The average molecular weight is 611 g/mol. The maximum atomic E-state index is 13.3. The van der Waals surface area contributed by atoms with Crippen LogP contribution in [0.15, 0.2) is 36.4 Å². The van der Waals surface area contributed by atoms with Crippen molar-refractivity contribution in [2.45, 2.75) is 64.8 Å². The number of hydrogen-bond acceptors (Lipinski definition) is 7. The van der Waals surface area contributed by atoms with Crippen LogP contribution in [0.5, 0.6) is 11.5 Å². The standard InChI is InChI=1S/C31H45Cl2N3O5/c1-4-6-16-36(17-7-5-2)18-20-41-31(39)26(21-23-13-9-8-10-14-23)35-30(38)24-22-25(32)29(27(33)28(24)37)40-19-12-11-15-34-3/h8-10,13-14,22,26,34,37H,4-7,11-12,15-21H2,1-3H3,(H,35,38)/t26-/m0/s1. The third kappa shape index (κ3) is 12.1. The van der Waals surface area contributed by atoms with Gasteiger partial charge in [0.05, 0.1) is 17.2 Å². The highest BCUT2D eigenvalue weighted by Gasteiger charge is 2.27. The van der Waals surface area contributed by atoms with Crippen LogP contribution in [0, 0.1) is 0 Å². The number of ether oxygens (including phenoxy) is 2. The summed E-state index contributed by atoms with van der Waals surface area (Å²) in [6.07, 6.45) is 6.23. The van der Waals surface area contributed by atoms with E-state index in [2.05, 4.69) is 29.4 Å². The van der Waals surface area contributed by atoms with E-state index < -0.39 is 23.7 Å². The Balaban J connectivity index is 2.13. The first-order valence-corrected chi connectivity index (χ1v) is 15.3. The van der Waals surface area contributed by atoms with Crippen LogP contribution in [0.25, 0.3) is 0 Å². The van der Waals surface area contributed by atoms with E-state index >= 15 is 0 Å². The van der Waals surface area contributed by atoms with E-state index in [0.29, 0.717) is 13.2 Å². The van der Waals surface area contributed by atoms with Crippen molar-refractivity contribution in [3.8, 4) is 11.5 Å². The van der Waals surface area contributed by atoms with Gasteiger partial charge in [-0.05, 0) is 64.0 Å². The van der Waals surface area contributed by atoms with Crippen molar-refractivity contribution in [3.05, 3.63) is 57.6 Å². The Morgan fingerprint density at radius 3 is 2.29 bits per heavy atom. The number of rotatable bonds is 20. The third-order valence-electron chi connectivity index (χ3n) is 6.64. The van der Waals surface area contributed by atoms with Crippen molar-refractivity contribution in [2.24, 2.45) is 0 Å². The van der Waals surface area contributed by atoms with Crippen LogP contribution in [0.3, 0.4) is 0 Å². The van der Waals surface area contributed by atoms with Crippen molar-refractivity contribution < 1.29 is 24.2 Å². The molecule has 2 aromatic rings. The van der Waals surface area contributed by atoms with Gasteiger partial charge < -0.3 is 25.2 Å². The summed E-state index contributed by atoms with van der Waals surface area (Å²) < 4.78 is 11.3. The van der Waals surface area contributed by atoms with E-state index in [4.69, 9.17) is 32.7 Å². The van der Waals surface area contributed by atoms with Gasteiger partial charge in [0, 0.05) is 13.0 Å². The fraction of sp³-hybridized carbons (Fsp3) is 0.548. The van der Waals surface area contributed by atoms with Crippen molar-refractivity contribution in [1.82, 2.24) is 15.5 Å². The van der Waals surface area contributed by atoms with Gasteiger partial charge in [-0.2, -0.15) is 0 Å². The number of esters is 1. The summed E-state index contributed by atoms with van der Waals surface area (Å²) in [5.74, 6) is -1.60. The molecule has 2 rings (SSSR count). The van der Waals surface area contributed by atoms with Crippen LogP contribution in [-0.2, 0) is 16.0 Å². The van der Waals surface area contributed by atoms with E-state index in [1.807, 2.05) is 37.4 Å². The number of nitrogens with one attached hydrogen (secondary N) is 2. The molecule has 228 valence electrons. The van der Waals surface area contributed by atoms with Gasteiger partial charge >= 0.3 is 5.97 Å². The number of unbranched alkanes of at least 4 members (excludes halogenated alkanes) is 3. The van der Waals surface area contributed by atoms with Gasteiger partial charge in [-0.25, -0.2) is 4.79 Å². The molecular formula is C31H45Cl2N3O5. The quantitative estimate of drug-likeness (QED) is 0.128. The molecule has 0 bridgehead atoms. The normalized spacial score (nSPS) is 11.9. The molecule has 0 radical (unpaired) electrons. The lowest BCUT2D eigenvalue weighted by atomic mass is 10.1. The molecule has 0 fully saturated rings. The van der Waals surface area contributed by atoms with Gasteiger partial charge in [0.1, 0.15) is 17.7 Å². The summed E-state index contributed by atoms with van der Waals surface area (Å²) in [6, 6.07) is 9.66. The molecule has 0 aliphatic carbocycles. The Morgan fingerprint density at radius 1 is 0.976 bits per heavy atom. The SMILES string of the molecule is CCCCN(CCCC)CCOC(=O)[C@H](Cc1ccccc1)NC(=O)c1cc(Cl)c(OCCCCNC)c(Cl)c1O. The summed E-state index contributed by atoms with van der Waals surface area (Å²) in [5.41, 5.74) is 0.697. The molecule has 0 aliphatic rings. The Morgan fingerprint density at radius 2 is 1.66 bits per heavy atom. The zero-order chi connectivity index (χ0) is 30.0. The lowest BCUT2D eigenvalue weighted by molar-refractivity contribution is -0.146. The van der Waals surface area contributed by atoms with E-state index in [0.717, 1.165) is 63.7 Å². The molecule has 0 saturated carbocycles. The molecule has 0 unspecified atom stereocenters. The highest BCUT2D eigenvalue weighted by molar-refractivity contribution is 6.39. The minimum Gasteiger partial charge on any atom is -0.505 e. The molecule has 1 amide bonds. The van der Waals surface area contributed by atoms with Gasteiger partial charge in [-0.1, -0.05) is 80.2 Å². The van der Waals surface area contributed by atoms with E-state index in [1.165, 1.54) is 6.07 Å². The van der Waals surface area contributed by atoms with Gasteiger partial charge in [0.2, 0.25) is 0 Å². The molecule has 0 spiro atoms. The van der Waals surface area contributed by atoms with Gasteiger partial charge in [0.25, 0.3) is 5.91 Å². The summed E-state index contributed by atoms with van der Waals surface area (Å²) in [4.78, 5) is 28.8. The molecule has 2 aromatic carbocycles. The molecule has 0 aliphatic heterocycles. The summed E-state index contributed by atoms with van der Waals surface area (Å²) in [5, 5.41) is 16.4. The largest absolute Gasteiger partial charge is 0.505 e. The zero-order valence-corrected chi connectivity index (χ0v) is 26.0. The third-order valence-corrected chi connectivity index (χ3v) is 7.27. The Bertz CT molecular complexity index is 1060. The van der Waals surface area contributed by atoms with E-state index in [1.54, 1.807) is 0 Å². The number of aromatic hydroxyl groups is 1. The van der Waals surface area contributed by atoms with Crippen molar-refractivity contribution in [3.63, 3.8) is 0 Å². The topological polar surface area (TPSA) is 100 Å². The second-order valence-electron chi connectivity index (χ2n) is 9.99. The summed E-state index contributed by atoms with van der Waals surface area (Å²) in [7, 11) is 1.87. The van der Waals surface area contributed by atoms with Crippen molar-refractivity contribution in [2.75, 3.05) is 46.4 Å². The number of hydrogen-bond donors (Lipinski definition) is 3. The fourth-order valence-electron chi connectivity index (χ4n) is 4.23. The highest BCUT2D eigenvalue weighted by atomic mass is 35.5. The number of carbonyl (C=O) groups is 2. The minimum atomic E-state index is -0.982. The average Bonchev–Trinajstić information content (AvgIpc) is 2.97. The van der Waals surface area contributed by atoms with Gasteiger partial charge in [-0.15, -0.1) is 0 Å². The smallest absolute Gasteiger partial charge is 0.329 e. The first-order valence-electron chi connectivity index (χ1n) is 14.5.